The van der Waals surface area contributed by atoms with Crippen molar-refractivity contribution < 1.29 is 4.79 Å². The number of ketones is 1. The lowest BCUT2D eigenvalue weighted by Gasteiger charge is -1.93. The van der Waals surface area contributed by atoms with Crippen LogP contribution in [0.5, 0.6) is 0 Å². The molecule has 0 fully saturated rings. The highest BCUT2D eigenvalue weighted by Gasteiger charge is 2.07. The average molecular weight is 208 g/mol. The molecule has 66 valence electrons. The Bertz CT molecular complexity index is 373. The van der Waals surface area contributed by atoms with Crippen molar-refractivity contribution in [1.29, 1.82) is 0 Å². The molecule has 0 aliphatic rings. The molecule has 3 heteroatoms. The predicted molar refractivity (Wildman–Crippen MR) is 56.7 cm³/mol. The SMILES string of the molecule is O=C(Cc1cccs1)c1ccsc1. The third kappa shape index (κ3) is 2.05. The van der Waals surface area contributed by atoms with Gasteiger partial charge < -0.3 is 0 Å². The van der Waals surface area contributed by atoms with Gasteiger partial charge in [0, 0.05) is 22.2 Å². The molecule has 13 heavy (non-hydrogen) atoms. The maximum absolute atomic E-state index is 11.6. The number of Topliss-reactive ketones (excluding diaryl/α,β-unsaturated/α-hetero) is 1. The topological polar surface area (TPSA) is 17.1 Å². The normalized spacial score (nSPS) is 10.2. The molecule has 0 bridgehead atoms. The van der Waals surface area contributed by atoms with Gasteiger partial charge in [-0.1, -0.05) is 6.07 Å². The second kappa shape index (κ2) is 3.85. The third-order valence-electron chi connectivity index (χ3n) is 1.76. The fourth-order valence-corrected chi connectivity index (χ4v) is 2.46. The Morgan fingerprint density at radius 1 is 1.31 bits per heavy atom. The summed E-state index contributed by atoms with van der Waals surface area (Å²) in [6, 6.07) is 5.84. The monoisotopic (exact) mass is 208 g/mol. The van der Waals surface area contributed by atoms with Gasteiger partial charge in [-0.25, -0.2) is 0 Å². The molecule has 2 aromatic heterocycles. The second-order valence-corrected chi connectivity index (χ2v) is 4.50. The quantitative estimate of drug-likeness (QED) is 0.708. The minimum atomic E-state index is 0.212. The van der Waals surface area contributed by atoms with Crippen LogP contribution >= 0.6 is 22.7 Å². The van der Waals surface area contributed by atoms with Crippen molar-refractivity contribution >= 4 is 28.5 Å². The Labute approximate surface area is 84.7 Å². The summed E-state index contributed by atoms with van der Waals surface area (Å²) in [6.45, 7) is 0. The Kier molecular flexibility index (Phi) is 2.57. The summed E-state index contributed by atoms with van der Waals surface area (Å²) in [7, 11) is 0. The number of hydrogen-bond acceptors (Lipinski definition) is 3. The van der Waals surface area contributed by atoms with E-state index < -0.39 is 0 Å². The van der Waals surface area contributed by atoms with Crippen LogP contribution in [0, 0.1) is 0 Å². The molecule has 0 atom stereocenters. The van der Waals surface area contributed by atoms with Crippen molar-refractivity contribution in [3.05, 3.63) is 44.8 Å². The van der Waals surface area contributed by atoms with E-state index >= 15 is 0 Å². The summed E-state index contributed by atoms with van der Waals surface area (Å²) in [5, 5.41) is 5.83. The van der Waals surface area contributed by atoms with Crippen molar-refractivity contribution in [2.24, 2.45) is 0 Å². The first kappa shape index (κ1) is 8.66. The van der Waals surface area contributed by atoms with Gasteiger partial charge in [-0.05, 0) is 22.9 Å². The van der Waals surface area contributed by atoms with Crippen LogP contribution in [0.3, 0.4) is 0 Å². The maximum atomic E-state index is 11.6. The largest absolute Gasteiger partial charge is 0.294 e. The zero-order chi connectivity index (χ0) is 9.10. The van der Waals surface area contributed by atoms with Gasteiger partial charge in [0.25, 0.3) is 0 Å². The van der Waals surface area contributed by atoms with Crippen LogP contribution in [0.1, 0.15) is 15.2 Å². The van der Waals surface area contributed by atoms with Gasteiger partial charge in [-0.2, -0.15) is 11.3 Å². The molecule has 0 aromatic carbocycles. The first-order valence-electron chi connectivity index (χ1n) is 3.94. The van der Waals surface area contributed by atoms with Gasteiger partial charge in [-0.3, -0.25) is 4.79 Å². The number of thiophene rings is 2. The van der Waals surface area contributed by atoms with E-state index in [0.717, 1.165) is 10.4 Å². The van der Waals surface area contributed by atoms with E-state index in [1.54, 1.807) is 22.7 Å². The summed E-state index contributed by atoms with van der Waals surface area (Å²) in [4.78, 5) is 12.7. The summed E-state index contributed by atoms with van der Waals surface area (Å²) < 4.78 is 0. The van der Waals surface area contributed by atoms with Crippen molar-refractivity contribution in [2.45, 2.75) is 6.42 Å². The molecular formula is C10H8OS2. The molecule has 2 aromatic rings. The summed E-state index contributed by atoms with van der Waals surface area (Å²) >= 11 is 3.19. The van der Waals surface area contributed by atoms with Crippen LogP contribution in [0.2, 0.25) is 0 Å². The zero-order valence-electron chi connectivity index (χ0n) is 6.90. The molecule has 1 nitrogen and oxygen atoms in total. The molecule has 2 heterocycles. The van der Waals surface area contributed by atoms with Crippen molar-refractivity contribution in [3.8, 4) is 0 Å². The highest BCUT2D eigenvalue weighted by Crippen LogP contribution is 2.14. The predicted octanol–water partition coefficient (Wildman–Crippen LogP) is 3.24. The number of carbonyl (C=O) groups excluding carboxylic acids is 1. The Morgan fingerprint density at radius 3 is 2.85 bits per heavy atom. The van der Waals surface area contributed by atoms with Crippen molar-refractivity contribution in [3.63, 3.8) is 0 Å². The summed E-state index contributed by atoms with van der Waals surface area (Å²) in [5.41, 5.74) is 0.832. The van der Waals surface area contributed by atoms with E-state index in [-0.39, 0.29) is 5.78 Å². The average Bonchev–Trinajstić information content (AvgIpc) is 2.74. The highest BCUT2D eigenvalue weighted by molar-refractivity contribution is 7.10. The maximum Gasteiger partial charge on any atom is 0.168 e. The molecule has 0 amide bonds. The molecule has 0 aliphatic carbocycles. The van der Waals surface area contributed by atoms with Gasteiger partial charge in [0.1, 0.15) is 0 Å². The standard InChI is InChI=1S/C10H8OS2/c11-10(8-3-5-12-7-8)6-9-2-1-4-13-9/h1-5,7H,6H2. The molecule has 0 spiro atoms. The van der Waals surface area contributed by atoms with Gasteiger partial charge in [0.05, 0.1) is 0 Å². The fraction of sp³-hybridized carbons (Fsp3) is 0.100. The number of hydrogen-bond donors (Lipinski definition) is 0. The van der Waals surface area contributed by atoms with Gasteiger partial charge in [0.15, 0.2) is 5.78 Å². The van der Waals surface area contributed by atoms with Crippen LogP contribution in [-0.2, 0) is 6.42 Å². The van der Waals surface area contributed by atoms with Crippen LogP contribution in [0.4, 0.5) is 0 Å². The van der Waals surface area contributed by atoms with E-state index in [1.165, 1.54) is 0 Å². The molecule has 2 rings (SSSR count). The van der Waals surface area contributed by atoms with E-state index in [0.29, 0.717) is 6.42 Å². The van der Waals surface area contributed by atoms with Gasteiger partial charge in [-0.15, -0.1) is 11.3 Å². The van der Waals surface area contributed by atoms with Crippen LogP contribution in [-0.4, -0.2) is 5.78 Å². The Balaban J connectivity index is 2.08. The fourth-order valence-electron chi connectivity index (χ4n) is 1.10. The van der Waals surface area contributed by atoms with Crippen LogP contribution < -0.4 is 0 Å². The third-order valence-corrected chi connectivity index (χ3v) is 3.32. The van der Waals surface area contributed by atoms with Crippen LogP contribution in [0.25, 0.3) is 0 Å². The molecule has 0 N–H and O–H groups in total. The molecule has 0 radical (unpaired) electrons. The lowest BCUT2D eigenvalue weighted by atomic mass is 10.1. The summed E-state index contributed by atoms with van der Waals surface area (Å²) in [5.74, 6) is 0.212. The molecule has 0 saturated carbocycles. The zero-order valence-corrected chi connectivity index (χ0v) is 8.53. The van der Waals surface area contributed by atoms with E-state index in [9.17, 15) is 4.79 Å². The minimum Gasteiger partial charge on any atom is -0.294 e. The Morgan fingerprint density at radius 2 is 2.23 bits per heavy atom. The number of rotatable bonds is 3. The molecule has 0 aliphatic heterocycles. The van der Waals surface area contributed by atoms with E-state index in [4.69, 9.17) is 0 Å². The first-order chi connectivity index (χ1) is 6.36. The Hall–Kier alpha value is -0.930. The van der Waals surface area contributed by atoms with Crippen LogP contribution in [0.15, 0.2) is 34.3 Å². The van der Waals surface area contributed by atoms with E-state index in [2.05, 4.69) is 0 Å². The lowest BCUT2D eigenvalue weighted by Crippen LogP contribution is -1.99. The number of carbonyl (C=O) groups is 1. The molecule has 0 unspecified atom stereocenters. The molecular weight excluding hydrogens is 200 g/mol. The highest BCUT2D eigenvalue weighted by atomic mass is 32.1. The smallest absolute Gasteiger partial charge is 0.168 e. The van der Waals surface area contributed by atoms with Crippen molar-refractivity contribution in [1.82, 2.24) is 0 Å². The van der Waals surface area contributed by atoms with Crippen molar-refractivity contribution in [2.75, 3.05) is 0 Å². The first-order valence-corrected chi connectivity index (χ1v) is 5.76. The minimum absolute atomic E-state index is 0.212. The van der Waals surface area contributed by atoms with E-state index in [1.807, 2.05) is 34.3 Å². The lowest BCUT2D eigenvalue weighted by molar-refractivity contribution is 0.0994. The van der Waals surface area contributed by atoms with Gasteiger partial charge in [0.2, 0.25) is 0 Å². The van der Waals surface area contributed by atoms with Gasteiger partial charge >= 0.3 is 0 Å². The second-order valence-electron chi connectivity index (χ2n) is 2.69. The summed E-state index contributed by atoms with van der Waals surface area (Å²) in [6.07, 6.45) is 0.536. The molecule has 0 saturated heterocycles.